The Balaban J connectivity index is 2.09. The number of nitrogens with zero attached hydrogens (tertiary/aromatic N) is 2. The molecule has 0 amide bonds. The van der Waals surface area contributed by atoms with Crippen molar-refractivity contribution < 1.29 is 4.39 Å². The lowest BCUT2D eigenvalue weighted by molar-refractivity contribution is 0.300. The maximum Gasteiger partial charge on any atom is 0.166 e. The van der Waals surface area contributed by atoms with Gasteiger partial charge in [0.05, 0.1) is 0 Å². The fraction of sp³-hybridized carbons (Fsp3) is 0.417. The minimum Gasteiger partial charge on any atom is -0.376 e. The van der Waals surface area contributed by atoms with E-state index in [1.165, 1.54) is 6.07 Å². The minimum atomic E-state index is -0.202. The SMILES string of the molecule is CC1CN(c2cccc(F)c2)CCN1C(N)=S. The maximum atomic E-state index is 13.1. The molecule has 0 radical (unpaired) electrons. The van der Waals surface area contributed by atoms with Crippen LogP contribution >= 0.6 is 12.2 Å². The Bertz CT molecular complexity index is 424. The Kier molecular flexibility index (Phi) is 3.47. The number of thiocarbonyl (C=S) groups is 1. The second-order valence-electron chi connectivity index (χ2n) is 4.31. The number of benzene rings is 1. The van der Waals surface area contributed by atoms with Gasteiger partial charge in [0.1, 0.15) is 5.82 Å². The fourth-order valence-corrected chi connectivity index (χ4v) is 2.46. The molecule has 17 heavy (non-hydrogen) atoms. The third kappa shape index (κ3) is 2.66. The van der Waals surface area contributed by atoms with Crippen molar-refractivity contribution in [1.29, 1.82) is 0 Å². The number of hydrogen-bond donors (Lipinski definition) is 1. The van der Waals surface area contributed by atoms with Crippen molar-refractivity contribution >= 4 is 23.0 Å². The molecule has 1 saturated heterocycles. The van der Waals surface area contributed by atoms with Gasteiger partial charge in [-0.2, -0.15) is 0 Å². The normalized spacial score (nSPS) is 20.5. The molecule has 1 aliphatic rings. The van der Waals surface area contributed by atoms with E-state index in [0.29, 0.717) is 5.11 Å². The lowest BCUT2D eigenvalue weighted by Crippen LogP contribution is -2.55. The van der Waals surface area contributed by atoms with Crippen molar-refractivity contribution in [3.63, 3.8) is 0 Å². The van der Waals surface area contributed by atoms with E-state index >= 15 is 0 Å². The molecule has 1 aromatic rings. The molecule has 92 valence electrons. The zero-order valence-corrected chi connectivity index (χ0v) is 10.6. The summed E-state index contributed by atoms with van der Waals surface area (Å²) in [7, 11) is 0. The number of hydrogen-bond acceptors (Lipinski definition) is 2. The highest BCUT2D eigenvalue weighted by molar-refractivity contribution is 7.80. The van der Waals surface area contributed by atoms with Crippen molar-refractivity contribution in [3.05, 3.63) is 30.1 Å². The zero-order chi connectivity index (χ0) is 12.4. The maximum absolute atomic E-state index is 13.1. The van der Waals surface area contributed by atoms with Gasteiger partial charge in [-0.15, -0.1) is 0 Å². The molecule has 1 atom stereocenters. The first-order valence-electron chi connectivity index (χ1n) is 5.64. The topological polar surface area (TPSA) is 32.5 Å². The first-order chi connectivity index (χ1) is 8.08. The molecular formula is C12H16FN3S. The molecular weight excluding hydrogens is 237 g/mol. The van der Waals surface area contributed by atoms with Crippen LogP contribution in [-0.4, -0.2) is 35.7 Å². The van der Waals surface area contributed by atoms with Gasteiger partial charge in [-0.25, -0.2) is 4.39 Å². The van der Waals surface area contributed by atoms with E-state index in [-0.39, 0.29) is 11.9 Å². The summed E-state index contributed by atoms with van der Waals surface area (Å²) in [6.45, 7) is 4.48. The van der Waals surface area contributed by atoms with E-state index in [1.807, 2.05) is 11.0 Å². The van der Waals surface area contributed by atoms with Crippen LogP contribution in [0.2, 0.25) is 0 Å². The highest BCUT2D eigenvalue weighted by Crippen LogP contribution is 2.19. The Morgan fingerprint density at radius 1 is 1.47 bits per heavy atom. The van der Waals surface area contributed by atoms with Crippen molar-refractivity contribution in [3.8, 4) is 0 Å². The van der Waals surface area contributed by atoms with Crippen molar-refractivity contribution in [1.82, 2.24) is 4.90 Å². The van der Waals surface area contributed by atoms with Gasteiger partial charge >= 0.3 is 0 Å². The van der Waals surface area contributed by atoms with Crippen LogP contribution < -0.4 is 10.6 Å². The van der Waals surface area contributed by atoms with Crippen molar-refractivity contribution in [2.75, 3.05) is 24.5 Å². The summed E-state index contributed by atoms with van der Waals surface area (Å²) < 4.78 is 13.1. The highest BCUT2D eigenvalue weighted by atomic mass is 32.1. The highest BCUT2D eigenvalue weighted by Gasteiger charge is 2.24. The van der Waals surface area contributed by atoms with Crippen molar-refractivity contribution in [2.45, 2.75) is 13.0 Å². The van der Waals surface area contributed by atoms with Gasteiger partial charge in [-0.05, 0) is 37.3 Å². The molecule has 1 unspecified atom stereocenters. The summed E-state index contributed by atoms with van der Waals surface area (Å²) in [5.74, 6) is -0.202. The van der Waals surface area contributed by atoms with Crippen LogP contribution in [0.4, 0.5) is 10.1 Å². The second kappa shape index (κ2) is 4.87. The lowest BCUT2D eigenvalue weighted by Gasteiger charge is -2.41. The average molecular weight is 253 g/mol. The first-order valence-corrected chi connectivity index (χ1v) is 6.05. The third-order valence-electron chi connectivity index (χ3n) is 3.08. The van der Waals surface area contributed by atoms with E-state index in [9.17, 15) is 4.39 Å². The van der Waals surface area contributed by atoms with Gasteiger partial charge < -0.3 is 15.5 Å². The number of nitrogens with two attached hydrogens (primary N) is 1. The second-order valence-corrected chi connectivity index (χ2v) is 4.72. The number of rotatable bonds is 1. The summed E-state index contributed by atoms with van der Waals surface area (Å²) in [6, 6.07) is 6.92. The molecule has 0 saturated carbocycles. The fourth-order valence-electron chi connectivity index (χ4n) is 2.19. The third-order valence-corrected chi connectivity index (χ3v) is 3.32. The van der Waals surface area contributed by atoms with Crippen LogP contribution in [0.15, 0.2) is 24.3 Å². The summed E-state index contributed by atoms with van der Waals surface area (Å²) in [5.41, 5.74) is 6.56. The van der Waals surface area contributed by atoms with Gasteiger partial charge in [0, 0.05) is 31.4 Å². The summed E-state index contributed by atoms with van der Waals surface area (Å²) in [5, 5.41) is 0.441. The van der Waals surface area contributed by atoms with E-state index < -0.39 is 0 Å². The molecule has 1 aromatic carbocycles. The summed E-state index contributed by atoms with van der Waals surface area (Å²) in [4.78, 5) is 4.16. The van der Waals surface area contributed by atoms with E-state index in [1.54, 1.807) is 12.1 Å². The molecule has 0 aromatic heterocycles. The largest absolute Gasteiger partial charge is 0.376 e. The predicted octanol–water partition coefficient (Wildman–Crippen LogP) is 1.58. The quantitative estimate of drug-likeness (QED) is 0.770. The molecule has 2 rings (SSSR count). The molecule has 0 spiro atoms. The predicted molar refractivity (Wildman–Crippen MR) is 71.6 cm³/mol. The average Bonchev–Trinajstić information content (AvgIpc) is 2.28. The van der Waals surface area contributed by atoms with Crippen molar-refractivity contribution in [2.24, 2.45) is 5.73 Å². The Morgan fingerprint density at radius 2 is 2.24 bits per heavy atom. The lowest BCUT2D eigenvalue weighted by atomic mass is 10.1. The van der Waals surface area contributed by atoms with Crippen LogP contribution in [0.3, 0.4) is 0 Å². The van der Waals surface area contributed by atoms with Gasteiger partial charge in [-0.1, -0.05) is 6.07 Å². The zero-order valence-electron chi connectivity index (χ0n) is 9.77. The van der Waals surface area contributed by atoms with Crippen LogP contribution in [0.1, 0.15) is 6.92 Å². The number of halogens is 1. The monoisotopic (exact) mass is 253 g/mol. The Morgan fingerprint density at radius 3 is 2.82 bits per heavy atom. The minimum absolute atomic E-state index is 0.202. The molecule has 2 N–H and O–H groups in total. The summed E-state index contributed by atoms with van der Waals surface area (Å²) >= 11 is 4.99. The van der Waals surface area contributed by atoms with Gasteiger partial charge in [-0.3, -0.25) is 0 Å². The molecule has 0 bridgehead atoms. The van der Waals surface area contributed by atoms with Crippen LogP contribution in [0, 0.1) is 5.82 Å². The van der Waals surface area contributed by atoms with E-state index in [2.05, 4.69) is 11.8 Å². The number of anilines is 1. The molecule has 0 aliphatic carbocycles. The summed E-state index contributed by atoms with van der Waals surface area (Å²) in [6.07, 6.45) is 0. The van der Waals surface area contributed by atoms with Crippen LogP contribution in [0.25, 0.3) is 0 Å². The molecule has 3 nitrogen and oxygen atoms in total. The molecule has 1 heterocycles. The van der Waals surface area contributed by atoms with Gasteiger partial charge in [0.15, 0.2) is 5.11 Å². The molecule has 5 heteroatoms. The van der Waals surface area contributed by atoms with Gasteiger partial charge in [0.2, 0.25) is 0 Å². The molecule has 1 fully saturated rings. The number of piperazine rings is 1. The van der Waals surface area contributed by atoms with Crippen LogP contribution in [0.5, 0.6) is 0 Å². The first kappa shape index (κ1) is 12.1. The molecule has 1 aliphatic heterocycles. The van der Waals surface area contributed by atoms with Crippen LogP contribution in [-0.2, 0) is 0 Å². The van der Waals surface area contributed by atoms with E-state index in [4.69, 9.17) is 18.0 Å². The van der Waals surface area contributed by atoms with Gasteiger partial charge in [0.25, 0.3) is 0 Å². The Hall–Kier alpha value is -1.36. The standard InChI is InChI=1S/C12H16FN3S/c1-9-8-15(5-6-16(9)12(14)17)11-4-2-3-10(13)7-11/h2-4,7,9H,5-6,8H2,1H3,(H2,14,17). The smallest absolute Gasteiger partial charge is 0.166 e. The van der Waals surface area contributed by atoms with E-state index in [0.717, 1.165) is 25.3 Å². The Labute approximate surface area is 106 Å².